The average Bonchev–Trinajstić information content (AvgIpc) is 2.45. The van der Waals surface area contributed by atoms with E-state index in [-0.39, 0.29) is 0 Å². The Kier molecular flexibility index (Phi) is 7.79. The summed E-state index contributed by atoms with van der Waals surface area (Å²) in [5.74, 6) is -1.17. The van der Waals surface area contributed by atoms with Crippen molar-refractivity contribution in [1.29, 1.82) is 0 Å². The molecule has 6 heteroatoms. The maximum atomic E-state index is 11.6. The summed E-state index contributed by atoms with van der Waals surface area (Å²) in [5, 5.41) is 5.88. The van der Waals surface area contributed by atoms with Gasteiger partial charge in [-0.2, -0.15) is 0 Å². The zero-order valence-corrected chi connectivity index (χ0v) is 13.2. The van der Waals surface area contributed by atoms with Crippen LogP contribution in [0.2, 0.25) is 5.02 Å². The van der Waals surface area contributed by atoms with Crippen LogP contribution in [0.25, 0.3) is 0 Å². The molecular formula is C15H22ClN3O2. The minimum Gasteiger partial charge on any atom is -0.348 e. The first-order chi connectivity index (χ1) is 9.99. The van der Waals surface area contributed by atoms with E-state index in [0.29, 0.717) is 24.5 Å². The van der Waals surface area contributed by atoms with Crippen LogP contribution in [0.1, 0.15) is 12.0 Å². The number of carbonyl (C=O) groups excluding carboxylic acids is 2. The minimum atomic E-state index is -0.589. The lowest BCUT2D eigenvalue weighted by molar-refractivity contribution is -0.139. The summed E-state index contributed by atoms with van der Waals surface area (Å²) >= 11 is 5.79. The molecule has 0 atom stereocenters. The Hall–Kier alpha value is -1.59. The molecule has 0 aliphatic heterocycles. The summed E-state index contributed by atoms with van der Waals surface area (Å²) in [6.45, 7) is 1.80. The van der Waals surface area contributed by atoms with Gasteiger partial charge >= 0.3 is 11.8 Å². The maximum absolute atomic E-state index is 11.6. The molecule has 0 heterocycles. The summed E-state index contributed by atoms with van der Waals surface area (Å²) < 4.78 is 0. The number of hydrogen-bond donors (Lipinski definition) is 2. The molecule has 0 aliphatic rings. The number of carbonyl (C=O) groups is 2. The van der Waals surface area contributed by atoms with Crippen molar-refractivity contribution in [1.82, 2.24) is 15.5 Å². The average molecular weight is 312 g/mol. The van der Waals surface area contributed by atoms with Crippen molar-refractivity contribution in [3.8, 4) is 0 Å². The van der Waals surface area contributed by atoms with Gasteiger partial charge in [0, 0.05) is 18.1 Å². The summed E-state index contributed by atoms with van der Waals surface area (Å²) in [5.41, 5.74) is 1.06. The zero-order chi connectivity index (χ0) is 15.7. The molecule has 0 unspecified atom stereocenters. The first-order valence-electron chi connectivity index (χ1n) is 6.94. The molecule has 0 saturated carbocycles. The highest BCUT2D eigenvalue weighted by molar-refractivity contribution is 6.35. The Morgan fingerprint density at radius 3 is 2.19 bits per heavy atom. The maximum Gasteiger partial charge on any atom is 0.309 e. The second-order valence-electron chi connectivity index (χ2n) is 5.05. The van der Waals surface area contributed by atoms with E-state index in [4.69, 9.17) is 11.6 Å². The monoisotopic (exact) mass is 311 g/mol. The van der Waals surface area contributed by atoms with Crippen LogP contribution in [-0.4, -0.2) is 50.4 Å². The minimum absolute atomic E-state index is 0.422. The van der Waals surface area contributed by atoms with Crippen LogP contribution in [0.15, 0.2) is 24.3 Å². The number of nitrogens with zero attached hydrogens (tertiary/aromatic N) is 1. The molecule has 0 aliphatic carbocycles. The molecule has 0 aromatic heterocycles. The van der Waals surface area contributed by atoms with Gasteiger partial charge in [-0.25, -0.2) is 0 Å². The van der Waals surface area contributed by atoms with Gasteiger partial charge in [-0.15, -0.1) is 0 Å². The van der Waals surface area contributed by atoms with Gasteiger partial charge in [0.05, 0.1) is 0 Å². The van der Waals surface area contributed by atoms with E-state index in [0.717, 1.165) is 18.5 Å². The van der Waals surface area contributed by atoms with Crippen LogP contribution >= 0.6 is 11.6 Å². The van der Waals surface area contributed by atoms with Crippen LogP contribution in [0, 0.1) is 0 Å². The number of benzene rings is 1. The van der Waals surface area contributed by atoms with Crippen LogP contribution in [0.4, 0.5) is 0 Å². The van der Waals surface area contributed by atoms with E-state index in [9.17, 15) is 9.59 Å². The fourth-order valence-corrected chi connectivity index (χ4v) is 1.86. The molecule has 0 fully saturated rings. The number of hydrogen-bond acceptors (Lipinski definition) is 3. The third kappa shape index (κ3) is 7.68. The van der Waals surface area contributed by atoms with Crippen molar-refractivity contribution in [3.05, 3.63) is 34.9 Å². The van der Waals surface area contributed by atoms with Crippen LogP contribution < -0.4 is 10.6 Å². The molecule has 116 valence electrons. The Bertz CT molecular complexity index is 460. The molecule has 0 spiro atoms. The van der Waals surface area contributed by atoms with Crippen LogP contribution in [0.5, 0.6) is 0 Å². The largest absolute Gasteiger partial charge is 0.348 e. The number of nitrogens with one attached hydrogen (secondary N) is 2. The van der Waals surface area contributed by atoms with Crippen molar-refractivity contribution in [2.24, 2.45) is 0 Å². The van der Waals surface area contributed by atoms with Gasteiger partial charge < -0.3 is 15.5 Å². The topological polar surface area (TPSA) is 61.4 Å². The fourth-order valence-electron chi connectivity index (χ4n) is 1.73. The predicted molar refractivity (Wildman–Crippen MR) is 84.3 cm³/mol. The van der Waals surface area contributed by atoms with Crippen LogP contribution in [-0.2, 0) is 16.0 Å². The summed E-state index contributed by atoms with van der Waals surface area (Å²) in [6, 6.07) is 7.40. The van der Waals surface area contributed by atoms with E-state index in [1.807, 2.05) is 31.1 Å². The number of amides is 2. The normalized spacial score (nSPS) is 10.5. The highest BCUT2D eigenvalue weighted by Gasteiger charge is 2.11. The molecule has 0 bridgehead atoms. The highest BCUT2D eigenvalue weighted by atomic mass is 35.5. The van der Waals surface area contributed by atoms with E-state index < -0.39 is 11.8 Å². The standard InChI is InChI=1S/C15H22ClN3O2/c1-19(2)11-3-9-17-14(20)15(21)18-10-8-12-4-6-13(16)7-5-12/h4-7H,3,8-11H2,1-2H3,(H,17,20)(H,18,21). The lowest BCUT2D eigenvalue weighted by Crippen LogP contribution is -2.41. The molecule has 1 aromatic carbocycles. The summed E-state index contributed by atoms with van der Waals surface area (Å²) in [4.78, 5) is 25.1. The summed E-state index contributed by atoms with van der Waals surface area (Å²) in [6.07, 6.45) is 1.48. The molecule has 2 N–H and O–H groups in total. The number of rotatable bonds is 7. The van der Waals surface area contributed by atoms with Gasteiger partial charge in [0.2, 0.25) is 0 Å². The Morgan fingerprint density at radius 2 is 1.62 bits per heavy atom. The summed E-state index contributed by atoms with van der Waals surface area (Å²) in [7, 11) is 3.93. The third-order valence-electron chi connectivity index (χ3n) is 2.89. The highest BCUT2D eigenvalue weighted by Crippen LogP contribution is 2.09. The molecule has 5 nitrogen and oxygen atoms in total. The van der Waals surface area contributed by atoms with Crippen molar-refractivity contribution in [2.75, 3.05) is 33.7 Å². The van der Waals surface area contributed by atoms with E-state index in [1.165, 1.54) is 0 Å². The van der Waals surface area contributed by atoms with Gasteiger partial charge in [0.1, 0.15) is 0 Å². The van der Waals surface area contributed by atoms with Gasteiger partial charge in [-0.3, -0.25) is 9.59 Å². The number of halogens is 1. The first-order valence-corrected chi connectivity index (χ1v) is 7.32. The molecule has 21 heavy (non-hydrogen) atoms. The Morgan fingerprint density at radius 1 is 1.05 bits per heavy atom. The molecule has 1 rings (SSSR count). The van der Waals surface area contributed by atoms with Crippen molar-refractivity contribution >= 4 is 23.4 Å². The van der Waals surface area contributed by atoms with E-state index in [1.54, 1.807) is 12.1 Å². The molecular weight excluding hydrogens is 290 g/mol. The predicted octanol–water partition coefficient (Wildman–Crippen LogP) is 1.07. The quantitative estimate of drug-likeness (QED) is 0.585. The van der Waals surface area contributed by atoms with Gasteiger partial charge in [0.25, 0.3) is 0 Å². The second kappa shape index (κ2) is 9.37. The molecule has 0 saturated heterocycles. The lowest BCUT2D eigenvalue weighted by atomic mass is 10.1. The van der Waals surface area contributed by atoms with E-state index >= 15 is 0 Å². The lowest BCUT2D eigenvalue weighted by Gasteiger charge is -2.10. The van der Waals surface area contributed by atoms with Gasteiger partial charge in [-0.1, -0.05) is 23.7 Å². The Balaban J connectivity index is 2.17. The van der Waals surface area contributed by atoms with Crippen LogP contribution in [0.3, 0.4) is 0 Å². The first kappa shape index (κ1) is 17.5. The SMILES string of the molecule is CN(C)CCCNC(=O)C(=O)NCCc1ccc(Cl)cc1. The van der Waals surface area contributed by atoms with Gasteiger partial charge in [0.15, 0.2) is 0 Å². The smallest absolute Gasteiger partial charge is 0.309 e. The third-order valence-corrected chi connectivity index (χ3v) is 3.14. The second-order valence-corrected chi connectivity index (χ2v) is 5.48. The van der Waals surface area contributed by atoms with Crippen molar-refractivity contribution in [2.45, 2.75) is 12.8 Å². The Labute approximate surface area is 130 Å². The fraction of sp³-hybridized carbons (Fsp3) is 0.467. The zero-order valence-electron chi connectivity index (χ0n) is 12.5. The molecule has 2 amide bonds. The molecule has 1 aromatic rings. The van der Waals surface area contributed by atoms with Crippen molar-refractivity contribution in [3.63, 3.8) is 0 Å². The van der Waals surface area contributed by atoms with Gasteiger partial charge in [-0.05, 0) is 51.2 Å². The molecule has 0 radical (unpaired) electrons. The van der Waals surface area contributed by atoms with E-state index in [2.05, 4.69) is 10.6 Å². The van der Waals surface area contributed by atoms with Crippen molar-refractivity contribution < 1.29 is 9.59 Å².